The molecule has 0 fully saturated rings. The van der Waals surface area contributed by atoms with Gasteiger partial charge in [-0.25, -0.2) is 14.4 Å². The van der Waals surface area contributed by atoms with Gasteiger partial charge in [-0.05, 0) is 25.1 Å². The molecule has 0 aliphatic heterocycles. The van der Waals surface area contributed by atoms with Gasteiger partial charge in [0, 0.05) is 22.0 Å². The van der Waals surface area contributed by atoms with Gasteiger partial charge in [-0.15, -0.1) is 35.3 Å². The van der Waals surface area contributed by atoms with Gasteiger partial charge in [-0.3, -0.25) is 0 Å². The molecule has 0 spiro atoms. The summed E-state index contributed by atoms with van der Waals surface area (Å²) in [6.07, 6.45) is -4.45. The lowest BCUT2D eigenvalue weighted by molar-refractivity contribution is -0.140. The first-order valence-electron chi connectivity index (χ1n) is 7.27. The quantitative estimate of drug-likeness (QED) is 0.233. The Morgan fingerprint density at radius 1 is 1.31 bits per heavy atom. The second-order valence-electron chi connectivity index (χ2n) is 4.91. The van der Waals surface area contributed by atoms with Gasteiger partial charge in [-0.1, -0.05) is 15.9 Å². The monoisotopic (exact) mass is 566 g/mol. The third kappa shape index (κ3) is 6.99. The SMILES string of the molecule is CCNC(=NCc1cc(Br)ccc1F)NCc1nc(C(F)(F)F)cs1.I. The Balaban J connectivity index is 0.00000338. The van der Waals surface area contributed by atoms with Crippen molar-refractivity contribution >= 4 is 57.2 Å². The van der Waals surface area contributed by atoms with Gasteiger partial charge in [0.2, 0.25) is 0 Å². The Morgan fingerprint density at radius 3 is 2.65 bits per heavy atom. The van der Waals surface area contributed by atoms with Crippen molar-refractivity contribution in [2.75, 3.05) is 6.54 Å². The molecule has 11 heteroatoms. The Bertz CT molecular complexity index is 751. The van der Waals surface area contributed by atoms with Crippen molar-refractivity contribution in [2.24, 2.45) is 4.99 Å². The van der Waals surface area contributed by atoms with Gasteiger partial charge in [0.15, 0.2) is 11.7 Å². The lowest BCUT2D eigenvalue weighted by atomic mass is 10.2. The smallest absolute Gasteiger partial charge is 0.357 e. The highest BCUT2D eigenvalue weighted by molar-refractivity contribution is 14.0. The molecule has 26 heavy (non-hydrogen) atoms. The van der Waals surface area contributed by atoms with E-state index in [2.05, 4.69) is 36.5 Å². The van der Waals surface area contributed by atoms with Crippen LogP contribution < -0.4 is 10.6 Å². The topological polar surface area (TPSA) is 49.3 Å². The van der Waals surface area contributed by atoms with Crippen LogP contribution in [0, 0.1) is 5.82 Å². The molecule has 0 unspecified atom stereocenters. The zero-order valence-corrected chi connectivity index (χ0v) is 18.3. The molecular weight excluding hydrogens is 551 g/mol. The van der Waals surface area contributed by atoms with E-state index in [4.69, 9.17) is 0 Å². The summed E-state index contributed by atoms with van der Waals surface area (Å²) in [6.45, 7) is 2.58. The lowest BCUT2D eigenvalue weighted by Gasteiger charge is -2.10. The van der Waals surface area contributed by atoms with Crippen LogP contribution in [-0.2, 0) is 19.3 Å². The number of aromatic nitrogens is 1. The van der Waals surface area contributed by atoms with Crippen LogP contribution in [0.5, 0.6) is 0 Å². The highest BCUT2D eigenvalue weighted by atomic mass is 127. The van der Waals surface area contributed by atoms with Crippen LogP contribution in [0.15, 0.2) is 33.0 Å². The Kier molecular flexibility index (Phi) is 9.24. The van der Waals surface area contributed by atoms with Crippen LogP contribution in [0.2, 0.25) is 0 Å². The molecular formula is C15H16BrF4IN4S. The number of hydrogen-bond acceptors (Lipinski definition) is 3. The summed E-state index contributed by atoms with van der Waals surface area (Å²) >= 11 is 4.18. The number of nitrogens with zero attached hydrogens (tertiary/aromatic N) is 2. The van der Waals surface area contributed by atoms with E-state index in [9.17, 15) is 17.6 Å². The van der Waals surface area contributed by atoms with E-state index in [1.807, 2.05) is 6.92 Å². The minimum absolute atomic E-state index is 0. The predicted molar refractivity (Wildman–Crippen MR) is 108 cm³/mol. The molecule has 2 N–H and O–H groups in total. The molecule has 1 heterocycles. The summed E-state index contributed by atoms with van der Waals surface area (Å²) in [4.78, 5) is 7.78. The molecule has 1 aromatic carbocycles. The molecule has 0 radical (unpaired) electrons. The highest BCUT2D eigenvalue weighted by Gasteiger charge is 2.33. The minimum atomic E-state index is -4.45. The molecule has 0 aliphatic carbocycles. The van der Waals surface area contributed by atoms with E-state index < -0.39 is 11.9 Å². The van der Waals surface area contributed by atoms with Gasteiger partial charge in [0.25, 0.3) is 0 Å². The zero-order chi connectivity index (χ0) is 18.4. The zero-order valence-electron chi connectivity index (χ0n) is 13.5. The van der Waals surface area contributed by atoms with Gasteiger partial charge < -0.3 is 10.6 Å². The number of aliphatic imine (C=N–C) groups is 1. The van der Waals surface area contributed by atoms with Crippen LogP contribution in [0.3, 0.4) is 0 Å². The number of hydrogen-bond donors (Lipinski definition) is 2. The standard InChI is InChI=1S/C15H15BrF4N4S.HI/c1-2-21-14(22-6-9-5-10(16)3-4-11(9)17)23-7-13-24-12(8-25-13)15(18,19)20;/h3-5,8H,2,6-7H2,1H3,(H2,21,22,23);1H. The van der Waals surface area contributed by atoms with Crippen molar-refractivity contribution in [3.63, 3.8) is 0 Å². The molecule has 0 bridgehead atoms. The predicted octanol–water partition coefficient (Wildman–Crippen LogP) is 4.94. The summed E-state index contributed by atoms with van der Waals surface area (Å²) < 4.78 is 52.1. The van der Waals surface area contributed by atoms with Crippen molar-refractivity contribution < 1.29 is 17.6 Å². The average Bonchev–Trinajstić information content (AvgIpc) is 3.02. The number of guanidine groups is 1. The first kappa shape index (κ1) is 23.1. The third-order valence-electron chi connectivity index (χ3n) is 3.01. The summed E-state index contributed by atoms with van der Waals surface area (Å²) in [5, 5.41) is 7.10. The van der Waals surface area contributed by atoms with Crippen LogP contribution >= 0.6 is 51.2 Å². The maximum atomic E-state index is 13.7. The largest absolute Gasteiger partial charge is 0.434 e. The van der Waals surface area contributed by atoms with Gasteiger partial charge in [0.05, 0.1) is 13.1 Å². The molecule has 1 aromatic heterocycles. The van der Waals surface area contributed by atoms with E-state index in [0.29, 0.717) is 18.1 Å². The maximum Gasteiger partial charge on any atom is 0.434 e. The van der Waals surface area contributed by atoms with Crippen molar-refractivity contribution in [3.05, 3.63) is 50.1 Å². The Hall–Kier alpha value is -0.950. The number of benzene rings is 1. The van der Waals surface area contributed by atoms with E-state index in [-0.39, 0.29) is 47.9 Å². The second-order valence-corrected chi connectivity index (χ2v) is 6.77. The Morgan fingerprint density at radius 2 is 2.04 bits per heavy atom. The van der Waals surface area contributed by atoms with Crippen LogP contribution in [0.4, 0.5) is 17.6 Å². The second kappa shape index (κ2) is 10.4. The number of halogens is 6. The summed E-state index contributed by atoms with van der Waals surface area (Å²) in [6, 6.07) is 4.55. The fourth-order valence-electron chi connectivity index (χ4n) is 1.85. The minimum Gasteiger partial charge on any atom is -0.357 e. The number of rotatable bonds is 5. The molecule has 0 amide bonds. The van der Waals surface area contributed by atoms with Gasteiger partial charge >= 0.3 is 6.18 Å². The lowest BCUT2D eigenvalue weighted by Crippen LogP contribution is -2.36. The number of thiazole rings is 1. The third-order valence-corrected chi connectivity index (χ3v) is 4.35. The van der Waals surface area contributed by atoms with E-state index in [0.717, 1.165) is 21.2 Å². The molecule has 2 aromatic rings. The van der Waals surface area contributed by atoms with E-state index >= 15 is 0 Å². The van der Waals surface area contributed by atoms with Crippen molar-refractivity contribution in [2.45, 2.75) is 26.2 Å². The maximum absolute atomic E-state index is 13.7. The van der Waals surface area contributed by atoms with Crippen LogP contribution in [0.25, 0.3) is 0 Å². The number of alkyl halides is 3. The van der Waals surface area contributed by atoms with E-state index in [1.165, 1.54) is 6.07 Å². The fraction of sp³-hybridized carbons (Fsp3) is 0.333. The summed E-state index contributed by atoms with van der Waals surface area (Å²) in [5.41, 5.74) is -0.507. The highest BCUT2D eigenvalue weighted by Crippen LogP contribution is 2.29. The van der Waals surface area contributed by atoms with Crippen LogP contribution in [-0.4, -0.2) is 17.5 Å². The molecule has 2 rings (SSSR count). The molecule has 0 atom stereocenters. The Labute approximate surface area is 177 Å². The average molecular weight is 567 g/mol. The molecule has 4 nitrogen and oxygen atoms in total. The molecule has 0 saturated carbocycles. The molecule has 144 valence electrons. The first-order chi connectivity index (χ1) is 11.8. The normalized spacial score (nSPS) is 11.8. The van der Waals surface area contributed by atoms with Gasteiger partial charge in [-0.2, -0.15) is 13.2 Å². The van der Waals surface area contributed by atoms with E-state index in [1.54, 1.807) is 12.1 Å². The van der Waals surface area contributed by atoms with Crippen molar-refractivity contribution in [1.82, 2.24) is 15.6 Å². The van der Waals surface area contributed by atoms with Crippen molar-refractivity contribution in [3.8, 4) is 0 Å². The summed E-state index contributed by atoms with van der Waals surface area (Å²) in [5.74, 6) is -0.0109. The van der Waals surface area contributed by atoms with Gasteiger partial charge in [0.1, 0.15) is 10.8 Å². The molecule has 0 aliphatic rings. The molecule has 0 saturated heterocycles. The first-order valence-corrected chi connectivity index (χ1v) is 8.94. The van der Waals surface area contributed by atoms with Crippen LogP contribution in [0.1, 0.15) is 23.2 Å². The fourth-order valence-corrected chi connectivity index (χ4v) is 3.00. The summed E-state index contributed by atoms with van der Waals surface area (Å²) in [7, 11) is 0. The number of nitrogens with one attached hydrogen (secondary N) is 2. The van der Waals surface area contributed by atoms with Crippen molar-refractivity contribution in [1.29, 1.82) is 0 Å².